The van der Waals surface area contributed by atoms with Crippen LogP contribution in [-0.4, -0.2) is 163 Å². The number of nitrogens with zero attached hydrogens (tertiary/aromatic N) is 14. The molecule has 6 aliphatic heterocycles. The number of amidine groups is 3. The molecular weight excluding hydrogens is 1700 g/mol. The number of piperidine rings is 3. The number of hydrogen-bond donors (Lipinski definition) is 5. The van der Waals surface area contributed by atoms with E-state index in [1.54, 1.807) is 55.5 Å². The summed E-state index contributed by atoms with van der Waals surface area (Å²) in [6, 6.07) is 3.82. The van der Waals surface area contributed by atoms with Gasteiger partial charge >= 0.3 is 29.8 Å². The number of ether oxygens (including phenoxy) is 4. The SMILES string of the molecule is CCOC(=O)C1=C(C2CCN(c3nc(C(=O)O)co3)CC2)NC(c2nccs2)=NC1c1ccc(F)c(F)c1Cl.CCOC(=O)C1=C(C2CCN(c3ncc(CC(=O)O)cn3)CC2)NC(c2nccs2)=NC1c1ccc(F)c(F)c1Cl.CCOC(=O)C1=C(C2CCN(c3ncc(OC=O)cn3)CC2)NC(c2nccs2)=NC1c1ccc(F)c(F)c1Cl. The minimum Gasteiger partial charge on any atom is -0.481 e. The van der Waals surface area contributed by atoms with Gasteiger partial charge in [-0.3, -0.25) is 24.6 Å². The molecule has 120 heavy (non-hydrogen) atoms. The summed E-state index contributed by atoms with van der Waals surface area (Å²) < 4.78 is 112. The van der Waals surface area contributed by atoms with Crippen LogP contribution in [0.4, 0.5) is 44.3 Å². The van der Waals surface area contributed by atoms with Gasteiger partial charge in [-0.25, -0.2) is 80.4 Å². The number of anilines is 3. The summed E-state index contributed by atoms with van der Waals surface area (Å²) in [5.41, 5.74) is 2.86. The molecular formula is C78H70Cl3F6N17O13S3. The Hall–Kier alpha value is -11.8. The van der Waals surface area contributed by atoms with Gasteiger partial charge in [0.05, 0.1) is 70.4 Å². The third kappa shape index (κ3) is 19.2. The number of carbonyl (C=O) groups excluding carboxylic acids is 4. The molecule has 0 spiro atoms. The van der Waals surface area contributed by atoms with Crippen LogP contribution in [0, 0.1) is 52.7 Å². The molecule has 6 aromatic heterocycles. The number of halogens is 9. The number of hydrogen-bond acceptors (Lipinski definition) is 31. The summed E-state index contributed by atoms with van der Waals surface area (Å²) in [6.45, 7) is 8.73. The molecule has 9 aromatic rings. The molecule has 0 aliphatic carbocycles. The summed E-state index contributed by atoms with van der Waals surface area (Å²) in [5, 5.41) is 33.6. The van der Waals surface area contributed by atoms with Crippen molar-refractivity contribution < 1.29 is 88.7 Å². The van der Waals surface area contributed by atoms with Crippen LogP contribution in [0.3, 0.4) is 0 Å². The molecule has 3 fully saturated rings. The molecule has 5 N–H and O–H groups in total. The Labute approximate surface area is 705 Å². The Kier molecular flexibility index (Phi) is 27.9. The Balaban J connectivity index is 0.000000156. The van der Waals surface area contributed by atoms with Crippen molar-refractivity contribution in [3.8, 4) is 5.75 Å². The minimum absolute atomic E-state index is 0.0887. The van der Waals surface area contributed by atoms with E-state index in [9.17, 15) is 55.1 Å². The van der Waals surface area contributed by atoms with Gasteiger partial charge in [0, 0.05) is 143 Å². The number of carboxylic acids is 2. The first-order valence-corrected chi connectivity index (χ1v) is 41.0. The molecule has 0 amide bonds. The highest BCUT2D eigenvalue weighted by atomic mass is 35.5. The number of oxazole rings is 1. The van der Waals surface area contributed by atoms with Gasteiger partial charge < -0.3 is 64.2 Å². The van der Waals surface area contributed by atoms with Crippen LogP contribution in [-0.2, 0) is 44.6 Å². The van der Waals surface area contributed by atoms with Crippen molar-refractivity contribution in [1.82, 2.24) is 55.8 Å². The van der Waals surface area contributed by atoms with Crippen LogP contribution < -0.4 is 35.4 Å². The first kappa shape index (κ1) is 86.1. The van der Waals surface area contributed by atoms with Gasteiger partial charge in [-0.2, -0.15) is 4.98 Å². The molecule has 626 valence electrons. The lowest BCUT2D eigenvalue weighted by molar-refractivity contribution is -0.140. The van der Waals surface area contributed by atoms with E-state index in [0.717, 1.165) is 24.5 Å². The number of benzene rings is 3. The number of aliphatic imine (C=N–C) groups is 3. The van der Waals surface area contributed by atoms with Crippen LogP contribution in [0.2, 0.25) is 15.1 Å². The fourth-order valence-corrected chi connectivity index (χ4v) is 16.7. The lowest BCUT2D eigenvalue weighted by atomic mass is 9.85. The molecule has 30 nitrogen and oxygen atoms in total. The van der Waals surface area contributed by atoms with Crippen molar-refractivity contribution in [3.63, 3.8) is 0 Å². The molecule has 0 radical (unpaired) electrons. The molecule has 42 heteroatoms. The predicted molar refractivity (Wildman–Crippen MR) is 429 cm³/mol. The maximum absolute atomic E-state index is 14.6. The normalized spacial score (nSPS) is 17.9. The Morgan fingerprint density at radius 3 is 1.15 bits per heavy atom. The van der Waals surface area contributed by atoms with Crippen molar-refractivity contribution in [3.05, 3.63) is 229 Å². The summed E-state index contributed by atoms with van der Waals surface area (Å²) in [6.07, 6.45) is 15.0. The highest BCUT2D eigenvalue weighted by molar-refractivity contribution is 7.12. The summed E-state index contributed by atoms with van der Waals surface area (Å²) in [5.74, 6) is -9.26. The minimum atomic E-state index is -1.23. The lowest BCUT2D eigenvalue weighted by Crippen LogP contribution is -2.42. The van der Waals surface area contributed by atoms with E-state index >= 15 is 0 Å². The molecule has 3 unspecified atom stereocenters. The van der Waals surface area contributed by atoms with Crippen LogP contribution in [0.1, 0.15) is 125 Å². The van der Waals surface area contributed by atoms with Gasteiger partial charge in [-0.05, 0) is 77.5 Å². The maximum atomic E-state index is 14.6. The monoisotopic (exact) mass is 1770 g/mol. The Morgan fingerprint density at radius 2 is 0.850 bits per heavy atom. The number of thiazole rings is 3. The molecule has 3 saturated heterocycles. The van der Waals surface area contributed by atoms with E-state index in [2.05, 4.69) is 60.8 Å². The van der Waals surface area contributed by atoms with E-state index in [1.165, 1.54) is 77.0 Å². The van der Waals surface area contributed by atoms with Crippen molar-refractivity contribution >= 4 is 141 Å². The molecule has 6 aliphatic rings. The highest BCUT2D eigenvalue weighted by Gasteiger charge is 2.43. The molecule has 15 rings (SSSR count). The average Bonchev–Trinajstić information content (AvgIpc) is 1.08. The van der Waals surface area contributed by atoms with Crippen LogP contribution >= 0.6 is 68.8 Å². The van der Waals surface area contributed by atoms with E-state index in [-0.39, 0.29) is 94.9 Å². The third-order valence-electron chi connectivity index (χ3n) is 19.8. The van der Waals surface area contributed by atoms with Gasteiger partial charge in [0.15, 0.2) is 78.9 Å². The first-order chi connectivity index (χ1) is 57.9. The van der Waals surface area contributed by atoms with E-state index in [4.69, 9.17) is 78.4 Å². The first-order valence-electron chi connectivity index (χ1n) is 37.2. The van der Waals surface area contributed by atoms with Gasteiger partial charge in [0.25, 0.3) is 12.5 Å². The summed E-state index contributed by atoms with van der Waals surface area (Å²) >= 11 is 22.8. The third-order valence-corrected chi connectivity index (χ3v) is 23.3. The predicted octanol–water partition coefficient (Wildman–Crippen LogP) is 13.1. The molecule has 3 atom stereocenters. The molecule has 3 aromatic carbocycles. The maximum Gasteiger partial charge on any atom is 0.357 e. The Bertz CT molecular complexity index is 5500. The number of rotatable bonds is 23. The van der Waals surface area contributed by atoms with Crippen molar-refractivity contribution in [2.45, 2.75) is 83.8 Å². The molecule has 12 heterocycles. The number of carbonyl (C=O) groups is 6. The largest absolute Gasteiger partial charge is 0.481 e. The van der Waals surface area contributed by atoms with Gasteiger partial charge in [0.2, 0.25) is 11.9 Å². The highest BCUT2D eigenvalue weighted by Crippen LogP contribution is 2.46. The topological polar surface area (TPSA) is 379 Å². The fraction of sp³-hybridized carbons (Fsp3) is 0.321. The number of aromatic nitrogens is 8. The average molecular weight is 1770 g/mol. The van der Waals surface area contributed by atoms with Crippen molar-refractivity contribution in [2.75, 3.05) is 73.8 Å². The van der Waals surface area contributed by atoms with Crippen molar-refractivity contribution in [2.24, 2.45) is 32.7 Å². The zero-order valence-electron chi connectivity index (χ0n) is 63.4. The van der Waals surface area contributed by atoms with Gasteiger partial charge in [-0.1, -0.05) is 53.0 Å². The lowest BCUT2D eigenvalue weighted by Gasteiger charge is -2.36. The van der Waals surface area contributed by atoms with Gasteiger partial charge in [0.1, 0.15) is 24.4 Å². The van der Waals surface area contributed by atoms with Gasteiger partial charge in [-0.15, -0.1) is 34.0 Å². The number of allylic oxidation sites excluding steroid dienone is 3. The summed E-state index contributed by atoms with van der Waals surface area (Å²) in [4.78, 5) is 127. The fourth-order valence-electron chi connectivity index (χ4n) is 14.2. The van der Waals surface area contributed by atoms with Crippen LogP contribution in [0.5, 0.6) is 5.75 Å². The van der Waals surface area contributed by atoms with E-state index in [0.29, 0.717) is 151 Å². The smallest absolute Gasteiger partial charge is 0.357 e. The second kappa shape index (κ2) is 39.0. The Morgan fingerprint density at radius 1 is 0.508 bits per heavy atom. The standard InChI is InChI=1S/C27H25ClF2N6O4S.C26H23ClF2N6O4S.C25H22ClF2N5O5S/c1-2-40-26(39)19-22(15-5-8-36(9-6-15)27-32-12-14(13-33-27)11-18(37)38)34-24(25-31-7-10-41-25)35-23(19)16-3-4-17(29)21(30)20(16)28;1-2-38-25(37)18-21(14-5-8-35(9-6-14)26-31-11-15(12-32-26)39-13-36)33-23(24-30-7-10-40-24)34-22(18)16-3-4-17(28)20(29)19(16)27;1-2-37-24(36)16-19(12-5-8-33(9-6-12)25-30-15(11-38-25)23(34)35)31-21(22-29-7-10-39-22)32-20(16)13-3-4-14(27)18(28)17(13)26/h3-4,7,10,12-13,15,23H,2,5-6,8-9,11H2,1H3,(H,34,35)(H,37,38);3-4,7,10-14,22H,2,5-6,8-9H2,1H3,(H,33,34);3-4,7,10-12,20H,2,5-6,8-9H2,1H3,(H,31,32)(H,34,35). The number of aromatic carboxylic acids is 1. The number of aliphatic carboxylic acids is 1. The second-order valence-electron chi connectivity index (χ2n) is 27.0. The summed E-state index contributed by atoms with van der Waals surface area (Å²) in [7, 11) is 0. The van der Waals surface area contributed by atoms with Crippen LogP contribution in [0.25, 0.3) is 0 Å². The van der Waals surface area contributed by atoms with E-state index in [1.807, 2.05) is 14.7 Å². The van der Waals surface area contributed by atoms with Crippen LogP contribution in [0.15, 0.2) is 155 Å². The van der Waals surface area contributed by atoms with E-state index < -0.39 is 97.9 Å². The quantitative estimate of drug-likeness (QED) is 0.0131. The number of carboxylic acid groups (broad SMARTS) is 2. The van der Waals surface area contributed by atoms with Crippen molar-refractivity contribution in [1.29, 1.82) is 0 Å². The zero-order chi connectivity index (χ0) is 85.0. The second-order valence-corrected chi connectivity index (χ2v) is 30.8. The zero-order valence-corrected chi connectivity index (χ0v) is 68.2. The number of esters is 3. The molecule has 0 bridgehead atoms. The molecule has 0 saturated carbocycles. The number of nitrogens with one attached hydrogen (secondary N) is 3.